The number of anilines is 1. The summed E-state index contributed by atoms with van der Waals surface area (Å²) < 4.78 is 6.23. The smallest absolute Gasteiger partial charge is 0.422 e. The van der Waals surface area contributed by atoms with E-state index in [1.54, 1.807) is 6.92 Å². The van der Waals surface area contributed by atoms with E-state index in [9.17, 15) is 4.79 Å². The van der Waals surface area contributed by atoms with Gasteiger partial charge in [0.2, 0.25) is 5.95 Å². The third kappa shape index (κ3) is 2.41. The van der Waals surface area contributed by atoms with Crippen LogP contribution in [0.3, 0.4) is 0 Å². The predicted molar refractivity (Wildman–Crippen MR) is 61.2 cm³/mol. The molecule has 17 heavy (non-hydrogen) atoms. The van der Waals surface area contributed by atoms with E-state index in [0.29, 0.717) is 5.82 Å². The molecule has 2 N–H and O–H groups in total. The molecule has 0 aliphatic rings. The molecule has 1 heterocycles. The van der Waals surface area contributed by atoms with Crippen molar-refractivity contribution in [3.63, 3.8) is 0 Å². The Kier molecular flexibility index (Phi) is 3.04. The largest absolute Gasteiger partial charge is 0.444 e. The van der Waals surface area contributed by atoms with Crippen LogP contribution in [0.2, 0.25) is 0 Å². The number of ether oxygens (including phenoxy) is 1. The van der Waals surface area contributed by atoms with Gasteiger partial charge in [-0.25, -0.2) is 4.79 Å². The highest BCUT2D eigenvalue weighted by Gasteiger charge is 2.14. The average molecular weight is 232 g/mol. The minimum atomic E-state index is -0.575. The van der Waals surface area contributed by atoms with Gasteiger partial charge in [-0.3, -0.25) is 0 Å². The minimum absolute atomic E-state index is 0.0283. The molecule has 0 saturated heterocycles. The van der Waals surface area contributed by atoms with Gasteiger partial charge in [0, 0.05) is 0 Å². The average Bonchev–Trinajstić information content (AvgIpc) is 2.67. The molecule has 1 aromatic heterocycles. The first-order chi connectivity index (χ1) is 8.18. The molecule has 0 radical (unpaired) electrons. The molecule has 0 saturated carbocycles. The fourth-order valence-corrected chi connectivity index (χ4v) is 1.39. The van der Waals surface area contributed by atoms with Gasteiger partial charge in [0.15, 0.2) is 0 Å². The zero-order chi connectivity index (χ0) is 12.3. The third-order valence-electron chi connectivity index (χ3n) is 2.24. The lowest BCUT2D eigenvalue weighted by Gasteiger charge is -2.06. The Bertz CT molecular complexity index is 502. The number of carbonyl (C=O) groups excluding carboxylic acids is 1. The Balaban J connectivity index is 2.04. The van der Waals surface area contributed by atoms with Crippen LogP contribution in [0.25, 0.3) is 0 Å². The zero-order valence-corrected chi connectivity index (χ0v) is 9.33. The maximum atomic E-state index is 11.7. The van der Waals surface area contributed by atoms with Crippen molar-refractivity contribution in [1.29, 1.82) is 0 Å². The normalized spacial score (nSPS) is 10.2. The van der Waals surface area contributed by atoms with Crippen molar-refractivity contribution in [3.8, 4) is 0 Å². The number of nitrogen functional groups attached to an aromatic ring is 1. The lowest BCUT2D eigenvalue weighted by Crippen LogP contribution is -2.17. The van der Waals surface area contributed by atoms with E-state index in [-0.39, 0.29) is 12.6 Å². The summed E-state index contributed by atoms with van der Waals surface area (Å²) in [6.45, 7) is 1.82. The van der Waals surface area contributed by atoms with E-state index in [0.717, 1.165) is 10.1 Å². The van der Waals surface area contributed by atoms with Crippen LogP contribution in [0.4, 0.5) is 10.7 Å². The Morgan fingerprint density at radius 3 is 2.65 bits per heavy atom. The highest BCUT2D eigenvalue weighted by Crippen LogP contribution is 2.06. The van der Waals surface area contributed by atoms with E-state index >= 15 is 0 Å². The highest BCUT2D eigenvalue weighted by molar-refractivity contribution is 5.74. The van der Waals surface area contributed by atoms with Crippen LogP contribution in [-0.2, 0) is 11.3 Å². The zero-order valence-electron chi connectivity index (χ0n) is 9.33. The maximum absolute atomic E-state index is 11.7. The summed E-state index contributed by atoms with van der Waals surface area (Å²) in [7, 11) is 0. The SMILES string of the molecule is Cc1nnc(N)n1C(=O)OCc1ccccc1. The van der Waals surface area contributed by atoms with Gasteiger partial charge in [0.05, 0.1) is 0 Å². The molecule has 6 nitrogen and oxygen atoms in total. The molecule has 0 unspecified atom stereocenters. The van der Waals surface area contributed by atoms with Crippen molar-refractivity contribution in [2.45, 2.75) is 13.5 Å². The lowest BCUT2D eigenvalue weighted by molar-refractivity contribution is 0.141. The summed E-state index contributed by atoms with van der Waals surface area (Å²) in [6, 6.07) is 9.39. The van der Waals surface area contributed by atoms with Crippen LogP contribution in [0.15, 0.2) is 30.3 Å². The van der Waals surface area contributed by atoms with Crippen molar-refractivity contribution in [2.24, 2.45) is 0 Å². The van der Waals surface area contributed by atoms with Gasteiger partial charge in [-0.2, -0.15) is 4.57 Å². The van der Waals surface area contributed by atoms with Crippen molar-refractivity contribution < 1.29 is 9.53 Å². The van der Waals surface area contributed by atoms with E-state index in [4.69, 9.17) is 10.5 Å². The number of nitrogens with zero attached hydrogens (tertiary/aromatic N) is 3. The molecule has 0 aliphatic heterocycles. The number of nitrogens with two attached hydrogens (primary N) is 1. The summed E-state index contributed by atoms with van der Waals surface area (Å²) in [5.41, 5.74) is 6.41. The van der Waals surface area contributed by atoms with E-state index in [1.807, 2.05) is 30.3 Å². The number of carbonyl (C=O) groups is 1. The molecule has 2 aromatic rings. The van der Waals surface area contributed by atoms with Crippen LogP contribution < -0.4 is 5.73 Å². The molecule has 2 rings (SSSR count). The molecule has 0 fully saturated rings. The van der Waals surface area contributed by atoms with Crippen LogP contribution in [0.5, 0.6) is 0 Å². The number of hydrogen-bond acceptors (Lipinski definition) is 5. The minimum Gasteiger partial charge on any atom is -0.444 e. The van der Waals surface area contributed by atoms with Gasteiger partial charge in [0.25, 0.3) is 0 Å². The van der Waals surface area contributed by atoms with Gasteiger partial charge in [0.1, 0.15) is 12.4 Å². The molecule has 6 heteroatoms. The first-order valence-electron chi connectivity index (χ1n) is 5.07. The fourth-order valence-electron chi connectivity index (χ4n) is 1.39. The van der Waals surface area contributed by atoms with Gasteiger partial charge in [-0.15, -0.1) is 10.2 Å². The quantitative estimate of drug-likeness (QED) is 0.845. The number of aromatic nitrogens is 3. The van der Waals surface area contributed by atoms with E-state index in [1.165, 1.54) is 0 Å². The monoisotopic (exact) mass is 232 g/mol. The molecular weight excluding hydrogens is 220 g/mol. The Morgan fingerprint density at radius 2 is 2.06 bits per heavy atom. The summed E-state index contributed by atoms with van der Waals surface area (Å²) in [4.78, 5) is 11.7. The van der Waals surface area contributed by atoms with Gasteiger partial charge in [-0.05, 0) is 12.5 Å². The number of aryl methyl sites for hydroxylation is 1. The van der Waals surface area contributed by atoms with Crippen molar-refractivity contribution in [3.05, 3.63) is 41.7 Å². The molecule has 0 bridgehead atoms. The molecule has 0 atom stereocenters. The van der Waals surface area contributed by atoms with Gasteiger partial charge >= 0.3 is 6.09 Å². The number of benzene rings is 1. The Morgan fingerprint density at radius 1 is 1.35 bits per heavy atom. The molecule has 1 aromatic carbocycles. The van der Waals surface area contributed by atoms with Crippen LogP contribution in [0.1, 0.15) is 11.4 Å². The van der Waals surface area contributed by atoms with Gasteiger partial charge < -0.3 is 10.5 Å². The topological polar surface area (TPSA) is 83.0 Å². The van der Waals surface area contributed by atoms with Crippen molar-refractivity contribution >= 4 is 12.0 Å². The summed E-state index contributed by atoms with van der Waals surface area (Å²) in [5, 5.41) is 7.26. The second-order valence-corrected chi connectivity index (χ2v) is 3.48. The standard InChI is InChI=1S/C11H12N4O2/c1-8-13-14-10(12)15(8)11(16)17-7-9-5-3-2-4-6-9/h2-6H,7H2,1H3,(H2,12,14). The van der Waals surface area contributed by atoms with E-state index < -0.39 is 6.09 Å². The van der Waals surface area contributed by atoms with Gasteiger partial charge in [-0.1, -0.05) is 30.3 Å². The van der Waals surface area contributed by atoms with Crippen molar-refractivity contribution in [2.75, 3.05) is 5.73 Å². The second kappa shape index (κ2) is 4.65. The number of rotatable bonds is 2. The second-order valence-electron chi connectivity index (χ2n) is 3.48. The molecule has 0 aliphatic carbocycles. The molecular formula is C11H12N4O2. The predicted octanol–water partition coefficient (Wildman–Crippen LogP) is 1.35. The lowest BCUT2D eigenvalue weighted by atomic mass is 10.2. The van der Waals surface area contributed by atoms with E-state index in [2.05, 4.69) is 10.2 Å². The molecule has 88 valence electrons. The van der Waals surface area contributed by atoms with Crippen molar-refractivity contribution in [1.82, 2.24) is 14.8 Å². The summed E-state index contributed by atoms with van der Waals surface area (Å²) >= 11 is 0. The first kappa shape index (κ1) is 11.1. The first-order valence-corrected chi connectivity index (χ1v) is 5.07. The summed E-state index contributed by atoms with van der Waals surface area (Å²) in [5.74, 6) is 0.432. The fraction of sp³-hybridized carbons (Fsp3) is 0.182. The molecule has 0 amide bonds. The highest BCUT2D eigenvalue weighted by atomic mass is 16.5. The van der Waals surface area contributed by atoms with Crippen LogP contribution in [0, 0.1) is 6.92 Å². The maximum Gasteiger partial charge on any atom is 0.422 e. The van der Waals surface area contributed by atoms with Crippen LogP contribution >= 0.6 is 0 Å². The Labute approximate surface area is 98.0 Å². The molecule has 0 spiro atoms. The Hall–Kier alpha value is -2.37. The van der Waals surface area contributed by atoms with Crippen LogP contribution in [-0.4, -0.2) is 20.9 Å². The number of hydrogen-bond donors (Lipinski definition) is 1. The third-order valence-corrected chi connectivity index (χ3v) is 2.24. The summed E-state index contributed by atoms with van der Waals surface area (Å²) in [6.07, 6.45) is -0.575.